The molecular formula is C27H22NO3. The molecule has 0 aliphatic carbocycles. The molecule has 1 radical (unpaired) electrons. The zero-order valence-electron chi connectivity index (χ0n) is 17.4. The number of hydrogen-bond donors (Lipinski definition) is 0. The molecule has 0 N–H and O–H groups in total. The number of ether oxygens (including phenoxy) is 2. The van der Waals surface area contributed by atoms with Crippen LogP contribution in [0.3, 0.4) is 0 Å². The van der Waals surface area contributed by atoms with Gasteiger partial charge in [0.1, 0.15) is 11.5 Å². The van der Waals surface area contributed by atoms with E-state index in [-0.39, 0.29) is 0 Å². The maximum atomic E-state index is 13.5. The summed E-state index contributed by atoms with van der Waals surface area (Å²) in [5, 5.41) is 14.5. The highest BCUT2D eigenvalue weighted by atomic mass is 16.5. The molecular weight excluding hydrogens is 386 g/mol. The summed E-state index contributed by atoms with van der Waals surface area (Å²) >= 11 is 0. The number of benzene rings is 4. The van der Waals surface area contributed by atoms with E-state index in [9.17, 15) is 5.21 Å². The first-order chi connectivity index (χ1) is 15.2. The average Bonchev–Trinajstić information content (AvgIpc) is 2.85. The standard InChI is InChI=1S/C27H22NO3/c1-30-21-13-15-25-23(17-21)27(19-9-5-3-6-10-19,20-11-7-4-8-12-20)24-18-22(31-2)14-16-26(24)28(25)29/h3-18H,1-2H3. The third kappa shape index (κ3) is 2.80. The molecule has 4 aromatic carbocycles. The van der Waals surface area contributed by atoms with Gasteiger partial charge in [0.05, 0.1) is 31.0 Å². The lowest BCUT2D eigenvalue weighted by Crippen LogP contribution is -2.37. The van der Waals surface area contributed by atoms with Crippen LogP contribution in [0.15, 0.2) is 97.1 Å². The van der Waals surface area contributed by atoms with Crippen LogP contribution in [0.25, 0.3) is 0 Å². The molecule has 0 atom stereocenters. The Labute approximate surface area is 181 Å². The van der Waals surface area contributed by atoms with Gasteiger partial charge in [0.2, 0.25) is 0 Å². The normalized spacial score (nSPS) is 13.8. The van der Waals surface area contributed by atoms with Crippen molar-refractivity contribution in [1.29, 1.82) is 0 Å². The minimum Gasteiger partial charge on any atom is -0.497 e. The van der Waals surface area contributed by atoms with Crippen molar-refractivity contribution in [3.63, 3.8) is 0 Å². The van der Waals surface area contributed by atoms with Crippen LogP contribution in [-0.2, 0) is 10.6 Å². The van der Waals surface area contributed by atoms with E-state index in [0.717, 1.165) is 27.3 Å². The Bertz CT molecular complexity index is 1120. The number of nitrogens with zero attached hydrogens (tertiary/aromatic N) is 1. The first-order valence-corrected chi connectivity index (χ1v) is 10.2. The van der Waals surface area contributed by atoms with Gasteiger partial charge in [-0.1, -0.05) is 65.9 Å². The number of fused-ring (bicyclic) bond motifs is 2. The molecule has 153 valence electrons. The van der Waals surface area contributed by atoms with Crippen molar-refractivity contribution in [2.24, 2.45) is 0 Å². The van der Waals surface area contributed by atoms with Crippen LogP contribution in [-0.4, -0.2) is 14.2 Å². The maximum absolute atomic E-state index is 13.5. The summed E-state index contributed by atoms with van der Waals surface area (Å²) in [6.07, 6.45) is 0. The number of rotatable bonds is 4. The topological polar surface area (TPSA) is 41.6 Å². The lowest BCUT2D eigenvalue weighted by atomic mass is 9.62. The Morgan fingerprint density at radius 2 is 1.03 bits per heavy atom. The van der Waals surface area contributed by atoms with Gasteiger partial charge in [-0.2, -0.15) is 5.06 Å². The predicted molar refractivity (Wildman–Crippen MR) is 121 cm³/mol. The van der Waals surface area contributed by atoms with Crippen LogP contribution in [0.2, 0.25) is 0 Å². The summed E-state index contributed by atoms with van der Waals surface area (Å²) in [5.41, 5.74) is 4.38. The SMILES string of the molecule is COc1ccc2c(c1)C(c1ccccc1)(c1ccccc1)c1cc(OC)ccc1N2[O]. The van der Waals surface area contributed by atoms with Crippen molar-refractivity contribution in [2.75, 3.05) is 19.3 Å². The quantitative estimate of drug-likeness (QED) is 0.423. The van der Waals surface area contributed by atoms with E-state index < -0.39 is 5.41 Å². The Kier molecular flexibility index (Phi) is 4.64. The van der Waals surface area contributed by atoms with Gasteiger partial charge in [-0.25, -0.2) is 0 Å². The van der Waals surface area contributed by atoms with E-state index >= 15 is 0 Å². The first kappa shape index (κ1) is 19.2. The van der Waals surface area contributed by atoms with E-state index in [1.165, 1.54) is 0 Å². The Morgan fingerprint density at radius 1 is 0.613 bits per heavy atom. The Hall–Kier alpha value is -3.76. The fourth-order valence-corrected chi connectivity index (χ4v) is 4.68. The minimum atomic E-state index is -0.711. The average molecular weight is 408 g/mol. The van der Waals surface area contributed by atoms with Gasteiger partial charge in [0.25, 0.3) is 0 Å². The van der Waals surface area contributed by atoms with Gasteiger partial charge in [-0.05, 0) is 47.5 Å². The van der Waals surface area contributed by atoms with Crippen molar-refractivity contribution in [1.82, 2.24) is 0 Å². The number of hydrogen-bond acceptors (Lipinski definition) is 3. The van der Waals surface area contributed by atoms with E-state index in [1.807, 2.05) is 72.8 Å². The molecule has 0 spiro atoms. The third-order valence-corrected chi connectivity index (χ3v) is 6.07. The monoisotopic (exact) mass is 408 g/mol. The van der Waals surface area contributed by atoms with Crippen LogP contribution < -0.4 is 14.5 Å². The van der Waals surface area contributed by atoms with E-state index in [2.05, 4.69) is 24.3 Å². The van der Waals surface area contributed by atoms with Gasteiger partial charge >= 0.3 is 0 Å². The zero-order chi connectivity index (χ0) is 21.4. The summed E-state index contributed by atoms with van der Waals surface area (Å²) in [4.78, 5) is 0. The molecule has 1 aliphatic rings. The molecule has 0 bridgehead atoms. The lowest BCUT2D eigenvalue weighted by molar-refractivity contribution is 0.192. The van der Waals surface area contributed by atoms with Crippen molar-refractivity contribution >= 4 is 11.4 Å². The molecule has 0 saturated heterocycles. The summed E-state index contributed by atoms with van der Waals surface area (Å²) in [7, 11) is 3.28. The van der Waals surface area contributed by atoms with Gasteiger partial charge in [-0.3, -0.25) is 0 Å². The molecule has 0 fully saturated rings. The largest absolute Gasteiger partial charge is 0.497 e. The highest BCUT2D eigenvalue weighted by molar-refractivity contribution is 5.83. The number of anilines is 2. The Morgan fingerprint density at radius 3 is 1.42 bits per heavy atom. The fraction of sp³-hybridized carbons (Fsp3) is 0.111. The van der Waals surface area contributed by atoms with Gasteiger partial charge in [0.15, 0.2) is 0 Å². The van der Waals surface area contributed by atoms with Crippen LogP contribution >= 0.6 is 0 Å². The van der Waals surface area contributed by atoms with Crippen molar-refractivity contribution in [3.05, 3.63) is 119 Å². The first-order valence-electron chi connectivity index (χ1n) is 10.2. The highest BCUT2D eigenvalue weighted by Crippen LogP contribution is 2.56. The second kappa shape index (κ2) is 7.49. The summed E-state index contributed by atoms with van der Waals surface area (Å²) in [5.74, 6) is 1.41. The second-order valence-corrected chi connectivity index (χ2v) is 7.54. The summed E-state index contributed by atoms with van der Waals surface area (Å²) < 4.78 is 11.1. The molecule has 0 amide bonds. The zero-order valence-corrected chi connectivity index (χ0v) is 17.4. The van der Waals surface area contributed by atoms with Crippen molar-refractivity contribution in [2.45, 2.75) is 5.41 Å². The summed E-state index contributed by atoms with van der Waals surface area (Å²) in [6.45, 7) is 0. The lowest BCUT2D eigenvalue weighted by Gasteiger charge is -2.44. The van der Waals surface area contributed by atoms with Gasteiger partial charge < -0.3 is 9.47 Å². The molecule has 31 heavy (non-hydrogen) atoms. The minimum absolute atomic E-state index is 0.603. The molecule has 0 saturated carbocycles. The van der Waals surface area contributed by atoms with Crippen molar-refractivity contribution in [3.8, 4) is 11.5 Å². The predicted octanol–water partition coefficient (Wildman–Crippen LogP) is 5.88. The molecule has 1 aliphatic heterocycles. The molecule has 4 aromatic rings. The van der Waals surface area contributed by atoms with Crippen LogP contribution in [0.4, 0.5) is 11.4 Å². The van der Waals surface area contributed by atoms with E-state index in [0.29, 0.717) is 22.9 Å². The highest BCUT2D eigenvalue weighted by Gasteiger charge is 2.47. The fourth-order valence-electron chi connectivity index (χ4n) is 4.68. The van der Waals surface area contributed by atoms with Crippen LogP contribution in [0.1, 0.15) is 22.3 Å². The molecule has 5 rings (SSSR count). The molecule has 0 unspecified atom stereocenters. The van der Waals surface area contributed by atoms with Crippen LogP contribution in [0.5, 0.6) is 11.5 Å². The van der Waals surface area contributed by atoms with Crippen LogP contribution in [0, 0.1) is 0 Å². The second-order valence-electron chi connectivity index (χ2n) is 7.54. The smallest absolute Gasteiger partial charge is 0.119 e. The summed E-state index contributed by atoms with van der Waals surface area (Å²) in [6, 6.07) is 31.9. The molecule has 1 heterocycles. The maximum Gasteiger partial charge on any atom is 0.119 e. The molecule has 4 nitrogen and oxygen atoms in total. The van der Waals surface area contributed by atoms with E-state index in [4.69, 9.17) is 9.47 Å². The van der Waals surface area contributed by atoms with E-state index in [1.54, 1.807) is 14.2 Å². The van der Waals surface area contributed by atoms with Crippen molar-refractivity contribution < 1.29 is 14.7 Å². The molecule has 4 heteroatoms. The molecule has 0 aromatic heterocycles. The van der Waals surface area contributed by atoms with Gasteiger partial charge in [0, 0.05) is 11.1 Å². The van der Waals surface area contributed by atoms with Gasteiger partial charge in [-0.15, -0.1) is 0 Å². The Balaban J connectivity index is 1.99. The third-order valence-electron chi connectivity index (χ3n) is 6.07. The number of methoxy groups -OCH3 is 2.